The van der Waals surface area contributed by atoms with E-state index in [-0.39, 0.29) is 18.9 Å². The van der Waals surface area contributed by atoms with E-state index < -0.39 is 30.5 Å². The van der Waals surface area contributed by atoms with Gasteiger partial charge in [0, 0.05) is 12.1 Å². The van der Waals surface area contributed by atoms with Crippen molar-refractivity contribution in [2.45, 2.75) is 69.8 Å². The molecule has 0 spiro atoms. The Balaban J connectivity index is 1.27. The number of amides is 1. The van der Waals surface area contributed by atoms with Crippen molar-refractivity contribution in [2.75, 3.05) is 11.9 Å². The van der Waals surface area contributed by atoms with Gasteiger partial charge in [0.25, 0.3) is 0 Å². The number of para-hydroxylation sites is 1. The van der Waals surface area contributed by atoms with Crippen LogP contribution in [-0.4, -0.2) is 43.0 Å². The van der Waals surface area contributed by atoms with Gasteiger partial charge < -0.3 is 29.0 Å². The molecular weight excluding hydrogens is 626 g/mol. The Bertz CT molecular complexity index is 1670. The molecule has 1 aliphatic heterocycles. The average Bonchev–Trinajstić information content (AvgIpc) is 3.17. The van der Waals surface area contributed by atoms with Crippen LogP contribution in [-0.2, 0) is 54.9 Å². The Hall–Kier alpha value is -4.63. The normalized spacial score (nSPS) is 20.3. The SMILES string of the molecule is O=C(CC[C@H]1O[C@H](COCc2ccccc2)[C@@H](OCc2ccccc2)[C@H](OCc2ccccc2)[C@H]1OCc1ccccc1)Nc1ccccc1. The summed E-state index contributed by atoms with van der Waals surface area (Å²) in [5, 5.41) is 3.01. The monoisotopic (exact) mass is 671 g/mol. The summed E-state index contributed by atoms with van der Waals surface area (Å²) < 4.78 is 33.4. The molecule has 50 heavy (non-hydrogen) atoms. The lowest BCUT2D eigenvalue weighted by Crippen LogP contribution is -2.61. The molecule has 1 saturated heterocycles. The molecule has 0 unspecified atom stereocenters. The molecule has 1 N–H and O–H groups in total. The molecular formula is C43H45NO6. The van der Waals surface area contributed by atoms with Crippen LogP contribution < -0.4 is 5.32 Å². The van der Waals surface area contributed by atoms with Gasteiger partial charge in [-0.3, -0.25) is 4.79 Å². The van der Waals surface area contributed by atoms with Crippen LogP contribution in [0.15, 0.2) is 152 Å². The van der Waals surface area contributed by atoms with Crippen molar-refractivity contribution in [3.8, 4) is 0 Å². The van der Waals surface area contributed by atoms with Gasteiger partial charge in [0.2, 0.25) is 5.91 Å². The molecule has 1 aliphatic rings. The molecule has 1 amide bonds. The van der Waals surface area contributed by atoms with Gasteiger partial charge in [0.15, 0.2) is 0 Å². The summed E-state index contributed by atoms with van der Waals surface area (Å²) in [4.78, 5) is 13.2. The van der Waals surface area contributed by atoms with E-state index in [1.165, 1.54) is 0 Å². The third kappa shape index (κ3) is 10.7. The zero-order chi connectivity index (χ0) is 34.2. The van der Waals surface area contributed by atoms with E-state index >= 15 is 0 Å². The van der Waals surface area contributed by atoms with Crippen LogP contribution in [0, 0.1) is 0 Å². The predicted molar refractivity (Wildman–Crippen MR) is 194 cm³/mol. The van der Waals surface area contributed by atoms with Crippen molar-refractivity contribution < 1.29 is 28.5 Å². The number of ether oxygens (including phenoxy) is 5. The molecule has 0 radical (unpaired) electrons. The van der Waals surface area contributed by atoms with Gasteiger partial charge in [-0.05, 0) is 40.8 Å². The maximum Gasteiger partial charge on any atom is 0.224 e. The van der Waals surface area contributed by atoms with Crippen LogP contribution in [0.25, 0.3) is 0 Å². The molecule has 5 aromatic carbocycles. The molecule has 5 aromatic rings. The van der Waals surface area contributed by atoms with Gasteiger partial charge in [-0.2, -0.15) is 0 Å². The van der Waals surface area contributed by atoms with E-state index in [0.717, 1.165) is 27.9 Å². The second-order valence-corrected chi connectivity index (χ2v) is 12.5. The maximum absolute atomic E-state index is 13.2. The molecule has 7 nitrogen and oxygen atoms in total. The minimum atomic E-state index is -0.533. The highest BCUT2D eigenvalue weighted by molar-refractivity contribution is 5.90. The largest absolute Gasteiger partial charge is 0.374 e. The number of benzene rings is 5. The maximum atomic E-state index is 13.2. The van der Waals surface area contributed by atoms with Crippen molar-refractivity contribution in [2.24, 2.45) is 0 Å². The third-order valence-corrected chi connectivity index (χ3v) is 8.69. The van der Waals surface area contributed by atoms with Gasteiger partial charge in [0.1, 0.15) is 24.4 Å². The Labute approximate surface area is 295 Å². The highest BCUT2D eigenvalue weighted by Crippen LogP contribution is 2.33. The molecule has 7 heteroatoms. The second kappa shape index (κ2) is 18.9. The zero-order valence-electron chi connectivity index (χ0n) is 28.2. The molecule has 0 bridgehead atoms. The highest BCUT2D eigenvalue weighted by atomic mass is 16.6. The van der Waals surface area contributed by atoms with Gasteiger partial charge in [0.05, 0.1) is 39.1 Å². The van der Waals surface area contributed by atoms with Crippen LogP contribution in [0.5, 0.6) is 0 Å². The zero-order valence-corrected chi connectivity index (χ0v) is 28.2. The lowest BCUT2D eigenvalue weighted by atomic mass is 9.91. The third-order valence-electron chi connectivity index (χ3n) is 8.69. The molecule has 1 fully saturated rings. The fourth-order valence-corrected chi connectivity index (χ4v) is 6.14. The summed E-state index contributed by atoms with van der Waals surface area (Å²) in [6.45, 7) is 1.79. The van der Waals surface area contributed by atoms with Gasteiger partial charge >= 0.3 is 0 Å². The molecule has 1 heterocycles. The van der Waals surface area contributed by atoms with E-state index in [2.05, 4.69) is 5.32 Å². The smallest absolute Gasteiger partial charge is 0.224 e. The highest BCUT2D eigenvalue weighted by Gasteiger charge is 2.48. The standard InChI is InChI=1S/C43H45NO6/c45-40(44-37-24-14-5-15-25-37)27-26-38-41(47-29-34-18-8-2-9-19-34)43(49-31-36-22-12-4-13-23-36)42(48-30-35-20-10-3-11-21-35)39(50-38)32-46-28-33-16-6-1-7-17-33/h1-25,38-39,41-43H,26-32H2,(H,44,45)/t38-,39-,41+,42-,43-/m1/s1. The van der Waals surface area contributed by atoms with E-state index in [1.807, 2.05) is 152 Å². The molecule has 258 valence electrons. The quantitative estimate of drug-likeness (QED) is 0.108. The predicted octanol–water partition coefficient (Wildman–Crippen LogP) is 8.15. The minimum absolute atomic E-state index is 0.0947. The van der Waals surface area contributed by atoms with E-state index in [9.17, 15) is 4.79 Å². The summed E-state index contributed by atoms with van der Waals surface area (Å²) >= 11 is 0. The Morgan fingerprint density at radius 2 is 0.900 bits per heavy atom. The topological polar surface area (TPSA) is 75.3 Å². The summed E-state index contributed by atoms with van der Waals surface area (Å²) in [5.74, 6) is -0.0947. The number of anilines is 1. The van der Waals surface area contributed by atoms with Gasteiger partial charge in [-0.1, -0.05) is 140 Å². The van der Waals surface area contributed by atoms with Crippen LogP contribution in [0.1, 0.15) is 35.1 Å². The van der Waals surface area contributed by atoms with E-state index in [0.29, 0.717) is 32.8 Å². The van der Waals surface area contributed by atoms with Crippen molar-refractivity contribution >= 4 is 11.6 Å². The van der Waals surface area contributed by atoms with Crippen molar-refractivity contribution in [3.63, 3.8) is 0 Å². The summed E-state index contributed by atoms with van der Waals surface area (Å²) in [6, 6.07) is 49.8. The first-order valence-electron chi connectivity index (χ1n) is 17.3. The molecule has 0 aliphatic carbocycles. The Kier molecular flexibility index (Phi) is 13.3. The van der Waals surface area contributed by atoms with E-state index in [1.54, 1.807) is 0 Å². The first-order valence-corrected chi connectivity index (χ1v) is 17.3. The second-order valence-electron chi connectivity index (χ2n) is 12.5. The Morgan fingerprint density at radius 1 is 0.500 bits per heavy atom. The number of hydrogen-bond acceptors (Lipinski definition) is 6. The Morgan fingerprint density at radius 3 is 1.38 bits per heavy atom. The average molecular weight is 672 g/mol. The van der Waals surface area contributed by atoms with Crippen LogP contribution in [0.2, 0.25) is 0 Å². The van der Waals surface area contributed by atoms with Gasteiger partial charge in [-0.25, -0.2) is 0 Å². The molecule has 0 saturated carbocycles. The fraction of sp³-hybridized carbons (Fsp3) is 0.279. The van der Waals surface area contributed by atoms with Crippen molar-refractivity contribution in [1.82, 2.24) is 0 Å². The van der Waals surface area contributed by atoms with Crippen molar-refractivity contribution in [3.05, 3.63) is 174 Å². The molecule has 5 atom stereocenters. The first kappa shape index (κ1) is 35.2. The first-order chi connectivity index (χ1) is 24.7. The lowest BCUT2D eigenvalue weighted by Gasteiger charge is -2.46. The summed E-state index contributed by atoms with van der Waals surface area (Å²) in [5.41, 5.74) is 4.94. The minimum Gasteiger partial charge on any atom is -0.374 e. The lowest BCUT2D eigenvalue weighted by molar-refractivity contribution is -0.273. The van der Waals surface area contributed by atoms with Crippen LogP contribution in [0.3, 0.4) is 0 Å². The molecule has 6 rings (SSSR count). The van der Waals surface area contributed by atoms with E-state index in [4.69, 9.17) is 23.7 Å². The van der Waals surface area contributed by atoms with Crippen LogP contribution in [0.4, 0.5) is 5.69 Å². The van der Waals surface area contributed by atoms with Gasteiger partial charge in [-0.15, -0.1) is 0 Å². The number of hydrogen-bond donors (Lipinski definition) is 1. The summed E-state index contributed by atoms with van der Waals surface area (Å²) in [6.07, 6.45) is -1.87. The fourth-order valence-electron chi connectivity index (χ4n) is 6.14. The molecule has 0 aromatic heterocycles. The number of nitrogens with one attached hydrogen (secondary N) is 1. The van der Waals surface area contributed by atoms with Crippen molar-refractivity contribution in [1.29, 1.82) is 0 Å². The van der Waals surface area contributed by atoms with Crippen LogP contribution >= 0.6 is 0 Å². The number of carbonyl (C=O) groups excluding carboxylic acids is 1. The number of rotatable bonds is 17. The number of carbonyl (C=O) groups is 1. The summed E-state index contributed by atoms with van der Waals surface area (Å²) in [7, 11) is 0.